The first-order valence-corrected chi connectivity index (χ1v) is 5.73. The first-order valence-electron chi connectivity index (χ1n) is 3.73. The van der Waals surface area contributed by atoms with E-state index >= 15 is 0 Å². The topological polar surface area (TPSA) is 57.5 Å². The van der Waals surface area contributed by atoms with Gasteiger partial charge in [0.15, 0.2) is 0 Å². The van der Waals surface area contributed by atoms with Gasteiger partial charge in [-0.3, -0.25) is 0 Å². The van der Waals surface area contributed by atoms with Gasteiger partial charge in [-0.1, -0.05) is 12.1 Å². The van der Waals surface area contributed by atoms with Gasteiger partial charge in [0.05, 0.1) is 0 Å². The molecule has 0 aliphatic carbocycles. The van der Waals surface area contributed by atoms with Crippen LogP contribution in [0, 0.1) is 0 Å². The quantitative estimate of drug-likeness (QED) is 0.634. The average Bonchev–Trinajstić information content (AvgIpc) is 2.08. The molecule has 0 bridgehead atoms. The molecule has 0 unspecified atom stereocenters. The van der Waals surface area contributed by atoms with Gasteiger partial charge in [0.2, 0.25) is 0 Å². The molecule has 0 saturated carbocycles. The fourth-order valence-electron chi connectivity index (χ4n) is 0.654. The second-order valence-corrected chi connectivity index (χ2v) is 1.82. The van der Waals surface area contributed by atoms with Gasteiger partial charge < -0.3 is 10.2 Å². The zero-order valence-electron chi connectivity index (χ0n) is 7.11. The van der Waals surface area contributed by atoms with Crippen molar-refractivity contribution in [3.8, 4) is 5.75 Å². The molecule has 0 heterocycles. The Balaban J connectivity index is 0.000000561. The Hall–Kier alpha value is -0.510. The van der Waals surface area contributed by atoms with Crippen LogP contribution in [-0.4, -0.2) is 44.1 Å². The Morgan fingerprint density at radius 3 is 2.17 bits per heavy atom. The number of carboxylic acids is 1. The van der Waals surface area contributed by atoms with Gasteiger partial charge in [-0.2, -0.15) is 0 Å². The number of aromatic hydroxyl groups is 1. The molecule has 0 atom stereocenters. The number of hydrogen-bond acceptors (Lipinski definition) is 2. The van der Waals surface area contributed by atoms with E-state index in [9.17, 15) is 4.79 Å². The molecule has 1 rings (SSSR count). The molecule has 0 aliphatic rings. The second kappa shape index (κ2) is 6.06. The third-order valence-corrected chi connectivity index (χ3v) is 1.13. The number of para-hydroxylation sites is 1. The third-order valence-electron chi connectivity index (χ3n) is 1.13. The molecule has 12 heavy (non-hydrogen) atoms. The van der Waals surface area contributed by atoms with Crippen molar-refractivity contribution in [3.63, 3.8) is 0 Å². The van der Waals surface area contributed by atoms with E-state index < -0.39 is 5.97 Å². The van der Waals surface area contributed by atoms with Gasteiger partial charge in [0, 0.05) is 0 Å². The molecular weight excluding hydrogens is 167 g/mol. The standard InChI is InChI=1S/C7H6O3.CH3.Na/c8-6-4-2-1-3-5(6)7(9)10;;/h1-4,8H,(H,9,10);1H3;. The van der Waals surface area contributed by atoms with Gasteiger partial charge in [0.25, 0.3) is 0 Å². The molecule has 0 aliphatic heterocycles. The van der Waals surface area contributed by atoms with E-state index in [1.54, 1.807) is 12.1 Å². The van der Waals surface area contributed by atoms with Crippen LogP contribution < -0.4 is 0 Å². The van der Waals surface area contributed by atoms with E-state index in [0.29, 0.717) is 0 Å². The Morgan fingerprint density at radius 2 is 1.83 bits per heavy atom. The van der Waals surface area contributed by atoms with E-state index in [2.05, 4.69) is 4.17 Å². The molecule has 1 aromatic carbocycles. The maximum atomic E-state index is 10.3. The summed E-state index contributed by atoms with van der Waals surface area (Å²) in [5.41, 5.74) is -0.0671. The average molecular weight is 176 g/mol. The van der Waals surface area contributed by atoms with E-state index in [-0.39, 0.29) is 11.3 Å². The first-order chi connectivity index (χ1) is 5.72. The number of carbonyl (C=O) groups is 1. The van der Waals surface area contributed by atoms with Crippen LogP contribution in [0.2, 0.25) is 4.17 Å². The number of rotatable bonds is 1. The van der Waals surface area contributed by atoms with Crippen LogP contribution in [0.1, 0.15) is 10.4 Å². The molecule has 0 saturated heterocycles. The van der Waals surface area contributed by atoms with Crippen molar-refractivity contribution in [2.45, 2.75) is 4.17 Å². The zero-order chi connectivity index (χ0) is 9.56. The SMILES string of the molecule is O=C(O)c1ccccc1O.[CH3][Na]. The molecule has 0 spiro atoms. The summed E-state index contributed by atoms with van der Waals surface area (Å²) in [6, 6.07) is 5.81. The van der Waals surface area contributed by atoms with Crippen LogP contribution in [0.4, 0.5) is 0 Å². The number of benzene rings is 1. The summed E-state index contributed by atoms with van der Waals surface area (Å²) in [4.78, 5) is 10.3. The first kappa shape index (κ1) is 11.5. The summed E-state index contributed by atoms with van der Waals surface area (Å²) in [5.74, 6) is -1.31. The van der Waals surface area contributed by atoms with E-state index in [4.69, 9.17) is 10.2 Å². The fraction of sp³-hybridized carbons (Fsp3) is 0.125. The number of carboxylic acid groups (broad SMARTS) is 1. The Labute approximate surface area is 88.5 Å². The van der Waals surface area contributed by atoms with Crippen molar-refractivity contribution in [3.05, 3.63) is 29.8 Å². The summed E-state index contributed by atoms with van der Waals surface area (Å²) in [5, 5.41) is 17.3. The maximum absolute atomic E-state index is 10.3. The van der Waals surface area contributed by atoms with Gasteiger partial charge in [-0.15, -0.1) is 0 Å². The second-order valence-electron chi connectivity index (χ2n) is 1.82. The number of phenols is 1. The Morgan fingerprint density at radius 1 is 1.33 bits per heavy atom. The van der Waals surface area contributed by atoms with Crippen molar-refractivity contribution < 1.29 is 15.0 Å². The molecular formula is C8H9NaO3. The molecule has 2 N–H and O–H groups in total. The summed E-state index contributed by atoms with van der Waals surface area (Å²) in [6.07, 6.45) is 0. The van der Waals surface area contributed by atoms with Crippen LogP contribution in [0.5, 0.6) is 5.75 Å². The summed E-state index contributed by atoms with van der Waals surface area (Å²) in [7, 11) is 0. The van der Waals surface area contributed by atoms with Crippen LogP contribution >= 0.6 is 0 Å². The van der Waals surface area contributed by atoms with Crippen molar-refractivity contribution in [2.75, 3.05) is 0 Å². The summed E-state index contributed by atoms with van der Waals surface area (Å²) < 4.78 is 2.14. The van der Waals surface area contributed by atoms with Crippen LogP contribution in [0.15, 0.2) is 24.3 Å². The van der Waals surface area contributed by atoms with Crippen molar-refractivity contribution >= 4 is 33.9 Å². The normalized spacial score (nSPS) is 8.25. The predicted molar refractivity (Wildman–Crippen MR) is 46.7 cm³/mol. The van der Waals surface area contributed by atoms with Gasteiger partial charge in [-0.05, 0) is 12.1 Å². The minimum atomic E-state index is -1.11. The van der Waals surface area contributed by atoms with Gasteiger partial charge in [0.1, 0.15) is 11.3 Å². The van der Waals surface area contributed by atoms with Crippen LogP contribution in [-0.2, 0) is 0 Å². The monoisotopic (exact) mass is 176 g/mol. The third kappa shape index (κ3) is 3.26. The molecule has 0 radical (unpaired) electrons. The van der Waals surface area contributed by atoms with Crippen molar-refractivity contribution in [2.24, 2.45) is 0 Å². The van der Waals surface area contributed by atoms with E-state index in [1.165, 1.54) is 40.1 Å². The van der Waals surface area contributed by atoms with Gasteiger partial charge >= 0.3 is 38.1 Å². The van der Waals surface area contributed by atoms with Crippen LogP contribution in [0.25, 0.3) is 0 Å². The van der Waals surface area contributed by atoms with Crippen molar-refractivity contribution in [1.82, 2.24) is 0 Å². The van der Waals surface area contributed by atoms with E-state index in [1.807, 2.05) is 0 Å². The van der Waals surface area contributed by atoms with E-state index in [0.717, 1.165) is 0 Å². The molecule has 0 aromatic heterocycles. The predicted octanol–water partition coefficient (Wildman–Crippen LogP) is 1.29. The molecule has 1 aromatic rings. The molecule has 0 fully saturated rings. The Kier molecular flexibility index (Phi) is 5.80. The fourth-order valence-corrected chi connectivity index (χ4v) is 0.654. The summed E-state index contributed by atoms with van der Waals surface area (Å²) in [6.45, 7) is 0. The zero-order valence-corrected chi connectivity index (χ0v) is 9.11. The number of hydrogen-bond donors (Lipinski definition) is 2. The van der Waals surface area contributed by atoms with Crippen LogP contribution in [0.3, 0.4) is 0 Å². The molecule has 0 amide bonds. The molecule has 60 valence electrons. The van der Waals surface area contributed by atoms with Gasteiger partial charge in [-0.25, -0.2) is 4.79 Å². The number of aromatic carboxylic acids is 1. The molecule has 3 nitrogen and oxygen atoms in total. The van der Waals surface area contributed by atoms with Crippen molar-refractivity contribution in [1.29, 1.82) is 0 Å². The molecule has 4 heteroatoms. The summed E-state index contributed by atoms with van der Waals surface area (Å²) >= 11 is 1.31. The minimum absolute atomic E-state index is 0.0671. The Bertz CT molecular complexity index is 260.